The van der Waals surface area contributed by atoms with Crippen molar-refractivity contribution in [1.29, 1.82) is 0 Å². The van der Waals surface area contributed by atoms with Crippen LogP contribution in [0.25, 0.3) is 89.2 Å². The van der Waals surface area contributed by atoms with Crippen molar-refractivity contribution in [2.75, 3.05) is 0 Å². The molecule has 0 atom stereocenters. The molecule has 9 aromatic carbocycles. The van der Waals surface area contributed by atoms with E-state index in [-0.39, 0.29) is 0 Å². The minimum atomic E-state index is -0.502. The van der Waals surface area contributed by atoms with Crippen LogP contribution in [0, 0.1) is 0 Å². The first-order chi connectivity index (χ1) is 30.7. The highest BCUT2D eigenvalue weighted by atomic mass is 16.3. The summed E-state index contributed by atoms with van der Waals surface area (Å²) in [4.78, 5) is 10.6. The van der Waals surface area contributed by atoms with Gasteiger partial charge in [0.1, 0.15) is 11.2 Å². The second-order valence-corrected chi connectivity index (χ2v) is 16.1. The molecular formula is C59H38N2O. The monoisotopic (exact) mass is 790 g/mol. The predicted octanol–water partition coefficient (Wildman–Crippen LogP) is 15.1. The van der Waals surface area contributed by atoms with Crippen LogP contribution in [0.4, 0.5) is 0 Å². The second-order valence-electron chi connectivity index (χ2n) is 16.1. The van der Waals surface area contributed by atoms with Crippen LogP contribution in [0.1, 0.15) is 22.3 Å². The minimum Gasteiger partial charge on any atom is -0.456 e. The lowest BCUT2D eigenvalue weighted by atomic mass is 9.67. The molecule has 0 aliphatic heterocycles. The summed E-state index contributed by atoms with van der Waals surface area (Å²) in [5.41, 5.74) is 18.0. The van der Waals surface area contributed by atoms with Gasteiger partial charge < -0.3 is 4.42 Å². The Labute approximate surface area is 360 Å². The first-order valence-corrected chi connectivity index (χ1v) is 21.1. The first-order valence-electron chi connectivity index (χ1n) is 21.1. The number of rotatable bonds is 7. The summed E-state index contributed by atoms with van der Waals surface area (Å²) < 4.78 is 6.22. The third-order valence-corrected chi connectivity index (χ3v) is 12.6. The van der Waals surface area contributed by atoms with Gasteiger partial charge in [0, 0.05) is 27.5 Å². The molecule has 12 rings (SSSR count). The van der Waals surface area contributed by atoms with Gasteiger partial charge in [-0.3, -0.25) is 0 Å². The fourth-order valence-electron chi connectivity index (χ4n) is 9.71. The molecule has 0 saturated heterocycles. The maximum atomic E-state index is 6.22. The highest BCUT2D eigenvalue weighted by molar-refractivity contribution is 6.06. The largest absolute Gasteiger partial charge is 0.456 e. The number of aromatic nitrogens is 2. The van der Waals surface area contributed by atoms with Crippen LogP contribution >= 0.6 is 0 Å². The molecule has 3 nitrogen and oxygen atoms in total. The Morgan fingerprint density at radius 2 is 0.839 bits per heavy atom. The van der Waals surface area contributed by atoms with Crippen molar-refractivity contribution >= 4 is 21.9 Å². The Morgan fingerprint density at radius 1 is 0.306 bits per heavy atom. The lowest BCUT2D eigenvalue weighted by Gasteiger charge is -2.34. The van der Waals surface area contributed by atoms with E-state index in [0.717, 1.165) is 72.3 Å². The molecule has 1 aliphatic carbocycles. The van der Waals surface area contributed by atoms with E-state index >= 15 is 0 Å². The van der Waals surface area contributed by atoms with Gasteiger partial charge in [0.15, 0.2) is 5.82 Å². The molecule has 1 aliphatic rings. The van der Waals surface area contributed by atoms with E-state index in [1.807, 2.05) is 30.3 Å². The van der Waals surface area contributed by atoms with Crippen molar-refractivity contribution in [3.63, 3.8) is 0 Å². The Kier molecular flexibility index (Phi) is 8.39. The van der Waals surface area contributed by atoms with Gasteiger partial charge >= 0.3 is 0 Å². The zero-order chi connectivity index (χ0) is 41.0. The number of nitrogens with zero attached hydrogens (tertiary/aromatic N) is 2. The lowest BCUT2D eigenvalue weighted by Crippen LogP contribution is -2.28. The number of hydrogen-bond acceptors (Lipinski definition) is 3. The quantitative estimate of drug-likeness (QED) is 0.161. The van der Waals surface area contributed by atoms with Gasteiger partial charge in [-0.15, -0.1) is 0 Å². The van der Waals surface area contributed by atoms with E-state index in [2.05, 4.69) is 200 Å². The van der Waals surface area contributed by atoms with E-state index < -0.39 is 5.41 Å². The minimum absolute atomic E-state index is 0.502. The van der Waals surface area contributed by atoms with E-state index in [1.165, 1.54) is 33.4 Å². The topological polar surface area (TPSA) is 38.9 Å². The summed E-state index contributed by atoms with van der Waals surface area (Å²) >= 11 is 0. The van der Waals surface area contributed by atoms with E-state index in [9.17, 15) is 0 Å². The maximum Gasteiger partial charge on any atom is 0.160 e. The molecule has 3 heteroatoms. The Hall–Kier alpha value is -8.14. The van der Waals surface area contributed by atoms with Crippen molar-refractivity contribution in [1.82, 2.24) is 9.97 Å². The Bertz CT molecular complexity index is 3410. The van der Waals surface area contributed by atoms with Gasteiger partial charge in [-0.2, -0.15) is 0 Å². The SMILES string of the molecule is c1ccc(-c2cc(-c3ccc4c(c3)C(c3ccccc3)(c3ccccc3)c3ccccc3-4)cc(-c3cc(-c4ccc5oc6ccccc6c5c4)nc(-c4ccccc4)n3)c2)cc1. The van der Waals surface area contributed by atoms with Gasteiger partial charge in [-0.1, -0.05) is 176 Å². The molecule has 0 N–H and O–H groups in total. The molecule has 0 spiro atoms. The molecule has 0 bridgehead atoms. The fourth-order valence-corrected chi connectivity index (χ4v) is 9.71. The summed E-state index contributed by atoms with van der Waals surface area (Å²) in [5, 5.41) is 2.15. The third-order valence-electron chi connectivity index (χ3n) is 12.6. The molecule has 0 amide bonds. The zero-order valence-corrected chi connectivity index (χ0v) is 33.7. The van der Waals surface area contributed by atoms with Crippen LogP contribution in [0.15, 0.2) is 235 Å². The number of furan rings is 1. The molecule has 2 aromatic heterocycles. The molecule has 0 fully saturated rings. The van der Waals surface area contributed by atoms with E-state index in [1.54, 1.807) is 0 Å². The maximum absolute atomic E-state index is 6.22. The zero-order valence-electron chi connectivity index (χ0n) is 33.7. The van der Waals surface area contributed by atoms with Gasteiger partial charge in [0.25, 0.3) is 0 Å². The van der Waals surface area contributed by atoms with Crippen LogP contribution in [0.2, 0.25) is 0 Å². The summed E-state index contributed by atoms with van der Waals surface area (Å²) in [6, 6.07) is 82.5. The van der Waals surface area contributed by atoms with Crippen LogP contribution in [0.3, 0.4) is 0 Å². The lowest BCUT2D eigenvalue weighted by molar-refractivity contribution is 0.669. The Balaban J connectivity index is 1.08. The van der Waals surface area contributed by atoms with Crippen molar-refractivity contribution in [3.8, 4) is 67.3 Å². The summed E-state index contributed by atoms with van der Waals surface area (Å²) in [6.07, 6.45) is 0. The molecule has 0 saturated carbocycles. The van der Waals surface area contributed by atoms with Crippen molar-refractivity contribution in [2.45, 2.75) is 5.41 Å². The van der Waals surface area contributed by atoms with Crippen molar-refractivity contribution < 1.29 is 4.42 Å². The third kappa shape index (κ3) is 5.82. The van der Waals surface area contributed by atoms with Gasteiger partial charge in [-0.25, -0.2) is 9.97 Å². The van der Waals surface area contributed by atoms with Crippen LogP contribution in [-0.4, -0.2) is 9.97 Å². The smallest absolute Gasteiger partial charge is 0.160 e. The van der Waals surface area contributed by atoms with Crippen LogP contribution in [-0.2, 0) is 5.41 Å². The van der Waals surface area contributed by atoms with Gasteiger partial charge in [0.05, 0.1) is 16.8 Å². The van der Waals surface area contributed by atoms with Gasteiger partial charge in [0.2, 0.25) is 0 Å². The number of para-hydroxylation sites is 1. The van der Waals surface area contributed by atoms with Crippen molar-refractivity contribution in [2.24, 2.45) is 0 Å². The van der Waals surface area contributed by atoms with Crippen LogP contribution < -0.4 is 0 Å². The standard InChI is InChI=1S/C59H38N2O/c1-5-17-39(18-6-1)43-33-44(41-29-31-49-48-25-13-15-27-52(48)59(53(49)37-41,46-21-9-3-10-22-46)47-23-11-4-12-24-47)35-45(34-43)55-38-54(60-58(61-55)40-19-7-2-8-20-40)42-30-32-57-51(36-42)50-26-14-16-28-56(50)62-57/h1-38H. The normalized spacial score (nSPS) is 12.6. The molecule has 11 aromatic rings. The van der Waals surface area contributed by atoms with Crippen molar-refractivity contribution in [3.05, 3.63) is 253 Å². The van der Waals surface area contributed by atoms with E-state index in [4.69, 9.17) is 14.4 Å². The van der Waals surface area contributed by atoms with Gasteiger partial charge in [-0.05, 0) is 110 Å². The van der Waals surface area contributed by atoms with E-state index in [0.29, 0.717) is 5.82 Å². The summed E-state index contributed by atoms with van der Waals surface area (Å²) in [7, 11) is 0. The fraction of sp³-hybridized carbons (Fsp3) is 0.0169. The Morgan fingerprint density at radius 3 is 1.56 bits per heavy atom. The average Bonchev–Trinajstić information content (AvgIpc) is 3.88. The molecule has 0 unspecified atom stereocenters. The number of fused-ring (bicyclic) bond motifs is 6. The second kappa shape index (κ2) is 14.5. The average molecular weight is 791 g/mol. The molecular weight excluding hydrogens is 753 g/mol. The highest BCUT2D eigenvalue weighted by Gasteiger charge is 2.46. The first kappa shape index (κ1) is 35.8. The predicted molar refractivity (Wildman–Crippen MR) is 254 cm³/mol. The molecule has 62 heavy (non-hydrogen) atoms. The molecule has 0 radical (unpaired) electrons. The highest BCUT2D eigenvalue weighted by Crippen LogP contribution is 2.56. The summed E-state index contributed by atoms with van der Waals surface area (Å²) in [6.45, 7) is 0. The van der Waals surface area contributed by atoms with Crippen LogP contribution in [0.5, 0.6) is 0 Å². The molecule has 2 heterocycles. The molecule has 290 valence electrons. The number of benzene rings is 9. The number of hydrogen-bond donors (Lipinski definition) is 0. The summed E-state index contributed by atoms with van der Waals surface area (Å²) in [5.74, 6) is 0.674.